The molecule has 19 heteroatoms. The van der Waals surface area contributed by atoms with Crippen LogP contribution < -0.4 is 11.1 Å². The van der Waals surface area contributed by atoms with Crippen LogP contribution in [0.2, 0.25) is 0 Å². The largest absolute Gasteiger partial charge is 0.445 e. The quantitative estimate of drug-likeness (QED) is 0.0933. The molecule has 3 amide bonds. The van der Waals surface area contributed by atoms with Gasteiger partial charge in [0.25, 0.3) is 0 Å². The molecular formula is C46H88N6O13. The zero-order valence-corrected chi connectivity index (χ0v) is 40.4. The van der Waals surface area contributed by atoms with Crippen molar-refractivity contribution in [2.24, 2.45) is 5.73 Å². The summed E-state index contributed by atoms with van der Waals surface area (Å²) in [5.74, 6) is 0. The number of aliphatic hydroxyl groups excluding tert-OH is 1. The number of hydrogen-bond donors (Lipinski definition) is 3. The minimum absolute atomic E-state index is 0. The predicted molar refractivity (Wildman–Crippen MR) is 251 cm³/mol. The normalized spacial score (nSPS) is 14.6. The number of carbonyl (C=O) groups excluding carboxylic acids is 3. The summed E-state index contributed by atoms with van der Waals surface area (Å²) < 4.78 is 48.6. The Morgan fingerprint density at radius 3 is 1.32 bits per heavy atom. The number of amides is 3. The zero-order chi connectivity index (χ0) is 47.5. The van der Waals surface area contributed by atoms with Crippen LogP contribution >= 0.6 is 0 Å². The van der Waals surface area contributed by atoms with Gasteiger partial charge >= 0.3 is 18.3 Å². The molecule has 2 fully saturated rings. The Morgan fingerprint density at radius 2 is 0.954 bits per heavy atom. The number of nitrogens with two attached hydrogens (primary N) is 1. The number of aliphatic hydroxyl groups is 1. The highest BCUT2D eigenvalue weighted by molar-refractivity contribution is 5.68. The van der Waals surface area contributed by atoms with Crippen LogP contribution in [-0.2, 0) is 49.2 Å². The summed E-state index contributed by atoms with van der Waals surface area (Å²) >= 11 is 0. The smallest absolute Gasteiger partial charge is 0.410 e. The van der Waals surface area contributed by atoms with Gasteiger partial charge in [-0.3, -0.25) is 9.80 Å². The van der Waals surface area contributed by atoms with Crippen molar-refractivity contribution in [3.63, 3.8) is 0 Å². The zero-order valence-electron chi connectivity index (χ0n) is 40.4. The van der Waals surface area contributed by atoms with E-state index in [0.29, 0.717) is 119 Å². The SMILES string of the molecule is C.CC(C)(C)OC(=O)N1CCN(CCOCCOCCOCCN)CC1.CC(C)(C)OC(=O)N1CCN(CCOCCOCCOCCNC(=O)OCc2ccccc2)CC1.CC(C)O. The molecule has 2 saturated heterocycles. The number of carbonyl (C=O) groups is 3. The average molecular weight is 933 g/mol. The molecule has 0 spiro atoms. The monoisotopic (exact) mass is 933 g/mol. The Bertz CT molecular complexity index is 1300. The lowest BCUT2D eigenvalue weighted by molar-refractivity contribution is 0.00160. The molecule has 0 unspecified atom stereocenters. The van der Waals surface area contributed by atoms with E-state index < -0.39 is 17.3 Å². The van der Waals surface area contributed by atoms with Crippen molar-refractivity contribution in [2.45, 2.75) is 86.7 Å². The van der Waals surface area contributed by atoms with Crippen LogP contribution in [0.1, 0.15) is 68.4 Å². The second-order valence-electron chi connectivity index (χ2n) is 17.2. The van der Waals surface area contributed by atoms with Crippen molar-refractivity contribution in [3.05, 3.63) is 35.9 Å². The first kappa shape index (κ1) is 61.6. The van der Waals surface area contributed by atoms with Crippen molar-refractivity contribution in [1.29, 1.82) is 0 Å². The van der Waals surface area contributed by atoms with Gasteiger partial charge < -0.3 is 68.6 Å². The molecule has 65 heavy (non-hydrogen) atoms. The van der Waals surface area contributed by atoms with E-state index in [4.69, 9.17) is 53.5 Å². The van der Waals surface area contributed by atoms with Crippen LogP contribution in [0.3, 0.4) is 0 Å². The van der Waals surface area contributed by atoms with Crippen LogP contribution in [0.15, 0.2) is 30.3 Å². The fraction of sp³-hybridized carbons (Fsp3) is 0.804. The van der Waals surface area contributed by atoms with E-state index in [-0.39, 0.29) is 32.3 Å². The van der Waals surface area contributed by atoms with Gasteiger partial charge in [0.1, 0.15) is 17.8 Å². The molecule has 1 aromatic rings. The summed E-state index contributed by atoms with van der Waals surface area (Å²) in [5.41, 5.74) is 5.35. The highest BCUT2D eigenvalue weighted by Crippen LogP contribution is 2.13. The highest BCUT2D eigenvalue weighted by Gasteiger charge is 2.27. The van der Waals surface area contributed by atoms with Crippen molar-refractivity contribution in [3.8, 4) is 0 Å². The van der Waals surface area contributed by atoms with Crippen molar-refractivity contribution in [1.82, 2.24) is 24.9 Å². The highest BCUT2D eigenvalue weighted by atomic mass is 16.6. The van der Waals surface area contributed by atoms with Gasteiger partial charge in [0, 0.05) is 84.6 Å². The van der Waals surface area contributed by atoms with Crippen LogP contribution in [0.25, 0.3) is 0 Å². The molecule has 0 saturated carbocycles. The number of ether oxygens (including phenoxy) is 9. The van der Waals surface area contributed by atoms with Crippen molar-refractivity contribution >= 4 is 18.3 Å². The standard InChI is InChI=1S/C25H41N3O7.C17H35N3O5.C3H8O.CH4/c1-25(2,3)35-24(30)28-12-10-27(11-13-28)14-16-32-18-20-33-19-17-31-15-9-26-23(29)34-21-22-7-5-4-6-8-22;1-17(2,3)25-16(21)20-7-5-19(6-8-20)9-11-23-13-15-24-14-12-22-10-4-18;1-3(2)4;/h4-8H,9-21H2,1-3H3,(H,26,29);4-15,18H2,1-3H3;3-4H,1-2H3;1H4. The van der Waals surface area contributed by atoms with E-state index in [1.807, 2.05) is 71.9 Å². The van der Waals surface area contributed by atoms with Crippen molar-refractivity contribution < 1.29 is 62.1 Å². The molecule has 0 radical (unpaired) electrons. The van der Waals surface area contributed by atoms with E-state index in [9.17, 15) is 14.4 Å². The summed E-state index contributed by atoms with van der Waals surface area (Å²) in [6, 6.07) is 9.52. The maximum Gasteiger partial charge on any atom is 0.410 e. The number of nitrogens with zero attached hydrogens (tertiary/aromatic N) is 4. The van der Waals surface area contributed by atoms with Crippen molar-refractivity contribution in [2.75, 3.05) is 158 Å². The molecule has 0 aliphatic carbocycles. The molecule has 19 nitrogen and oxygen atoms in total. The fourth-order valence-corrected chi connectivity index (χ4v) is 5.51. The lowest BCUT2D eigenvalue weighted by atomic mass is 10.2. The summed E-state index contributed by atoms with van der Waals surface area (Å²) in [6.07, 6.45) is -1.10. The molecule has 0 atom stereocenters. The van der Waals surface area contributed by atoms with Gasteiger partial charge in [-0.1, -0.05) is 37.8 Å². The third kappa shape index (κ3) is 37.4. The lowest BCUT2D eigenvalue weighted by Gasteiger charge is -2.35. The summed E-state index contributed by atoms with van der Waals surface area (Å²) in [7, 11) is 0. The first-order valence-corrected chi connectivity index (χ1v) is 22.7. The van der Waals surface area contributed by atoms with Gasteiger partial charge in [0.15, 0.2) is 0 Å². The number of benzene rings is 1. The summed E-state index contributed by atoms with van der Waals surface area (Å²) in [5, 5.41) is 10.7. The van der Waals surface area contributed by atoms with Gasteiger partial charge in [-0.05, 0) is 61.0 Å². The van der Waals surface area contributed by atoms with E-state index in [1.165, 1.54) is 0 Å². The van der Waals surface area contributed by atoms with E-state index in [0.717, 1.165) is 44.8 Å². The predicted octanol–water partition coefficient (Wildman–Crippen LogP) is 4.09. The van der Waals surface area contributed by atoms with E-state index in [2.05, 4.69) is 15.1 Å². The third-order valence-electron chi connectivity index (χ3n) is 8.63. The molecule has 0 aromatic heterocycles. The van der Waals surface area contributed by atoms with Crippen LogP contribution in [0.5, 0.6) is 0 Å². The molecule has 2 aliphatic rings. The molecular weight excluding hydrogens is 845 g/mol. The van der Waals surface area contributed by atoms with Crippen LogP contribution in [-0.4, -0.2) is 218 Å². The van der Waals surface area contributed by atoms with Gasteiger partial charge in [0.2, 0.25) is 0 Å². The summed E-state index contributed by atoms with van der Waals surface area (Å²) in [6.45, 7) is 30.1. The van der Waals surface area contributed by atoms with Crippen LogP contribution in [0.4, 0.5) is 14.4 Å². The maximum atomic E-state index is 12.1. The Kier molecular flexibility index (Phi) is 35.7. The Balaban J connectivity index is 0.00000120. The molecule has 1 aromatic carbocycles. The molecule has 380 valence electrons. The molecule has 2 heterocycles. The van der Waals surface area contributed by atoms with E-state index in [1.54, 1.807) is 23.6 Å². The maximum absolute atomic E-state index is 12.1. The molecule has 2 aliphatic heterocycles. The van der Waals surface area contributed by atoms with Gasteiger partial charge in [-0.2, -0.15) is 0 Å². The summed E-state index contributed by atoms with van der Waals surface area (Å²) in [4.78, 5) is 43.8. The van der Waals surface area contributed by atoms with Gasteiger partial charge in [-0.15, -0.1) is 0 Å². The van der Waals surface area contributed by atoms with Gasteiger partial charge in [-0.25, -0.2) is 14.4 Å². The number of hydrogen-bond acceptors (Lipinski definition) is 16. The number of piperazine rings is 2. The minimum atomic E-state index is -0.466. The lowest BCUT2D eigenvalue weighted by Crippen LogP contribution is -2.50. The number of nitrogens with one attached hydrogen (secondary N) is 1. The third-order valence-corrected chi connectivity index (χ3v) is 8.63. The fourth-order valence-electron chi connectivity index (χ4n) is 5.51. The minimum Gasteiger partial charge on any atom is -0.445 e. The first-order valence-electron chi connectivity index (χ1n) is 22.7. The molecule has 0 bridgehead atoms. The number of rotatable bonds is 25. The Morgan fingerprint density at radius 1 is 0.600 bits per heavy atom. The average Bonchev–Trinajstić information content (AvgIpc) is 3.23. The van der Waals surface area contributed by atoms with Gasteiger partial charge in [0.05, 0.1) is 79.3 Å². The first-order chi connectivity index (χ1) is 30.5. The second-order valence-corrected chi connectivity index (χ2v) is 17.2. The second kappa shape index (κ2) is 37.7. The van der Waals surface area contributed by atoms with Crippen LogP contribution in [0, 0.1) is 0 Å². The Hall–Kier alpha value is -3.37. The number of alkyl carbamates (subject to hydrolysis) is 1. The van der Waals surface area contributed by atoms with E-state index >= 15 is 0 Å². The molecule has 4 N–H and O–H groups in total. The Labute approximate surface area is 390 Å². The topological polar surface area (TPSA) is 206 Å². The molecule has 3 rings (SSSR count).